The zero-order chi connectivity index (χ0) is 17.1. The molecule has 0 aliphatic carbocycles. The predicted octanol–water partition coefficient (Wildman–Crippen LogP) is 5.10. The maximum atomic E-state index is 6.55. The molecule has 0 heterocycles. The molecule has 2 rings (SSSR count). The Morgan fingerprint density at radius 1 is 0.870 bits per heavy atom. The molecule has 0 bridgehead atoms. The van der Waals surface area contributed by atoms with E-state index in [1.807, 2.05) is 12.1 Å². The Morgan fingerprint density at radius 2 is 1.26 bits per heavy atom. The first kappa shape index (κ1) is 18.6. The van der Waals surface area contributed by atoms with Crippen LogP contribution in [-0.2, 0) is 16.2 Å². The zero-order valence-corrected chi connectivity index (χ0v) is 17.5. The van der Waals surface area contributed by atoms with E-state index in [0.717, 1.165) is 0 Å². The second-order valence-electron chi connectivity index (χ2n) is 7.44. The molecule has 0 radical (unpaired) electrons. The largest absolute Gasteiger partial charge is 0.411 e. The maximum absolute atomic E-state index is 6.55. The summed E-state index contributed by atoms with van der Waals surface area (Å²) in [6.07, 6.45) is 0.646. The summed E-state index contributed by atoms with van der Waals surface area (Å²) >= 11 is 6.23. The van der Waals surface area contributed by atoms with E-state index in [1.54, 1.807) is 0 Å². The highest BCUT2D eigenvalue weighted by Crippen LogP contribution is 2.46. The van der Waals surface area contributed by atoms with Crippen molar-refractivity contribution in [3.63, 3.8) is 0 Å². The van der Waals surface area contributed by atoms with Gasteiger partial charge in [-0.25, -0.2) is 0 Å². The molecule has 2 aromatic rings. The average Bonchev–Trinajstić information content (AvgIpc) is 2.53. The monoisotopic (exact) mass is 362 g/mol. The van der Waals surface area contributed by atoms with Crippen molar-refractivity contribution < 1.29 is 4.43 Å². The molecule has 0 aromatic heterocycles. The third-order valence-corrected chi connectivity index (χ3v) is 13.8. The maximum Gasteiger partial charge on any atom is 0.192 e. The van der Waals surface area contributed by atoms with Gasteiger partial charge in [0.15, 0.2) is 8.32 Å². The fraction of sp³-hybridized carbons (Fsp3) is 0.368. The third kappa shape index (κ3) is 4.22. The highest BCUT2D eigenvalue weighted by atomic mass is 32.4. The molecule has 0 atom stereocenters. The summed E-state index contributed by atoms with van der Waals surface area (Å²) < 4.78 is 6.55. The van der Waals surface area contributed by atoms with Crippen molar-refractivity contribution in [2.75, 3.05) is 6.35 Å². The summed E-state index contributed by atoms with van der Waals surface area (Å²) in [5.74, 6) is 0. The number of benzene rings is 2. The molecule has 0 saturated carbocycles. The molecule has 0 saturated heterocycles. The van der Waals surface area contributed by atoms with Crippen molar-refractivity contribution in [2.24, 2.45) is 0 Å². The molecule has 124 valence electrons. The van der Waals surface area contributed by atoms with Crippen molar-refractivity contribution >= 4 is 36.8 Å². The van der Waals surface area contributed by atoms with E-state index >= 15 is 0 Å². The molecule has 23 heavy (non-hydrogen) atoms. The van der Waals surface area contributed by atoms with Crippen LogP contribution >= 0.6 is 6.04 Å². The molecule has 0 N–H and O–H groups in total. The first-order chi connectivity index (χ1) is 10.7. The van der Waals surface area contributed by atoms with Crippen LogP contribution in [0.15, 0.2) is 60.7 Å². The van der Waals surface area contributed by atoms with E-state index in [-0.39, 0.29) is 5.04 Å². The highest BCUT2D eigenvalue weighted by Gasteiger charge is 2.38. The van der Waals surface area contributed by atoms with E-state index in [0.29, 0.717) is 6.35 Å². The van der Waals surface area contributed by atoms with Crippen LogP contribution in [0, 0.1) is 0 Å². The van der Waals surface area contributed by atoms with Crippen molar-refractivity contribution in [3.8, 4) is 0 Å². The van der Waals surface area contributed by atoms with Crippen molar-refractivity contribution in [2.45, 2.75) is 38.9 Å². The Bertz CT molecular complexity index is 634. The lowest BCUT2D eigenvalue weighted by Crippen LogP contribution is -2.41. The van der Waals surface area contributed by atoms with Crippen LogP contribution < -0.4 is 10.6 Å². The molecule has 0 amide bonds. The quantitative estimate of drug-likeness (QED) is 0.541. The molecule has 2 aromatic carbocycles. The zero-order valence-electron chi connectivity index (χ0n) is 14.7. The summed E-state index contributed by atoms with van der Waals surface area (Å²) in [6.45, 7) is 11.4. The van der Waals surface area contributed by atoms with E-state index in [2.05, 4.69) is 82.4 Å². The number of rotatable bonds is 5. The third-order valence-electron chi connectivity index (χ3n) is 4.76. The van der Waals surface area contributed by atoms with Crippen molar-refractivity contribution in [3.05, 3.63) is 60.7 Å². The van der Waals surface area contributed by atoms with Crippen LogP contribution in [0.3, 0.4) is 0 Å². The molecule has 0 spiro atoms. The lowest BCUT2D eigenvalue weighted by atomic mass is 10.2. The molecule has 0 aliphatic heterocycles. The van der Waals surface area contributed by atoms with Gasteiger partial charge in [-0.1, -0.05) is 93.2 Å². The Hall–Kier alpha value is -0.733. The van der Waals surface area contributed by atoms with Gasteiger partial charge in [0.2, 0.25) is 0 Å². The molecule has 1 nitrogen and oxygen atoms in total. The number of hydrogen-bond acceptors (Lipinski definition) is 2. The minimum absolute atomic E-state index is 0.195. The van der Waals surface area contributed by atoms with E-state index < -0.39 is 14.4 Å². The molecule has 0 unspecified atom stereocenters. The summed E-state index contributed by atoms with van der Waals surface area (Å²) in [4.78, 5) is 0. The predicted molar refractivity (Wildman–Crippen MR) is 110 cm³/mol. The van der Waals surface area contributed by atoms with Crippen LogP contribution in [0.5, 0.6) is 0 Å². The minimum Gasteiger partial charge on any atom is -0.411 e. The first-order valence-electron chi connectivity index (χ1n) is 8.01. The second-order valence-corrected chi connectivity index (χ2v) is 16.9. The van der Waals surface area contributed by atoms with Crippen LogP contribution in [0.25, 0.3) is 0 Å². The van der Waals surface area contributed by atoms with Gasteiger partial charge in [0.05, 0.1) is 6.35 Å². The Labute approximate surface area is 147 Å². The van der Waals surface area contributed by atoms with Gasteiger partial charge in [-0.3, -0.25) is 0 Å². The first-order valence-corrected chi connectivity index (χ1v) is 13.9. The smallest absolute Gasteiger partial charge is 0.192 e. The normalized spacial score (nSPS) is 13.1. The van der Waals surface area contributed by atoms with E-state index in [1.165, 1.54) is 10.6 Å². The summed E-state index contributed by atoms with van der Waals surface area (Å²) in [6, 6.07) is 19.1. The molecular weight excluding hydrogens is 335 g/mol. The van der Waals surface area contributed by atoms with Gasteiger partial charge < -0.3 is 4.43 Å². The van der Waals surface area contributed by atoms with Gasteiger partial charge in [0.25, 0.3) is 0 Å². The van der Waals surface area contributed by atoms with Gasteiger partial charge >= 0.3 is 0 Å². The highest BCUT2D eigenvalue weighted by molar-refractivity contribution is 8.21. The Balaban J connectivity index is 2.39. The molecule has 4 heteroatoms. The molecule has 0 aliphatic rings. The van der Waals surface area contributed by atoms with Crippen LogP contribution in [-0.4, -0.2) is 14.7 Å². The number of hydrogen-bond donors (Lipinski definition) is 0. The summed E-state index contributed by atoms with van der Waals surface area (Å²) in [7, 11) is -1.82. The Morgan fingerprint density at radius 3 is 1.61 bits per heavy atom. The van der Waals surface area contributed by atoms with Gasteiger partial charge in [-0.05, 0) is 28.7 Å². The van der Waals surface area contributed by atoms with Crippen LogP contribution in [0.4, 0.5) is 0 Å². The molecule has 0 fully saturated rings. The summed E-state index contributed by atoms with van der Waals surface area (Å²) in [5, 5.41) is 2.67. The fourth-order valence-corrected chi connectivity index (χ4v) is 7.66. The van der Waals surface area contributed by atoms with Gasteiger partial charge in [0, 0.05) is 6.04 Å². The van der Waals surface area contributed by atoms with Crippen LogP contribution in [0.2, 0.25) is 18.1 Å². The lowest BCUT2D eigenvalue weighted by Gasteiger charge is -2.38. The van der Waals surface area contributed by atoms with Gasteiger partial charge in [-0.15, -0.1) is 0 Å². The van der Waals surface area contributed by atoms with Crippen LogP contribution in [0.1, 0.15) is 20.8 Å². The Kier molecular flexibility index (Phi) is 5.68. The average molecular weight is 363 g/mol. The second kappa shape index (κ2) is 7.02. The fourth-order valence-electron chi connectivity index (χ4n) is 2.10. The van der Waals surface area contributed by atoms with Crippen molar-refractivity contribution in [1.29, 1.82) is 0 Å². The minimum atomic E-state index is -1.94. The lowest BCUT2D eigenvalue weighted by molar-refractivity contribution is 0.351. The molecular formula is C19H27OPSSi. The SMILES string of the molecule is CC(C)(C)[Si](C)(C)OCP(=S)(c1ccccc1)c1ccccc1. The van der Waals surface area contributed by atoms with Gasteiger partial charge in [-0.2, -0.15) is 0 Å². The van der Waals surface area contributed by atoms with Gasteiger partial charge in [0.1, 0.15) is 0 Å². The van der Waals surface area contributed by atoms with E-state index in [4.69, 9.17) is 16.2 Å². The topological polar surface area (TPSA) is 9.23 Å². The summed E-state index contributed by atoms with van der Waals surface area (Å²) in [5.41, 5.74) is 0. The van der Waals surface area contributed by atoms with E-state index in [9.17, 15) is 0 Å². The van der Waals surface area contributed by atoms with Crippen molar-refractivity contribution in [1.82, 2.24) is 0 Å². The standard InChI is InChI=1S/C19H27OPSSi/c1-19(2,3)23(4,5)20-16-21(22,17-12-8-6-9-13-17)18-14-10-7-11-15-18/h6-15H,16H2,1-5H3.